The van der Waals surface area contributed by atoms with Crippen molar-refractivity contribution in [1.82, 2.24) is 15.0 Å². The second-order valence-corrected chi connectivity index (χ2v) is 8.78. The Bertz CT molecular complexity index is 1260. The molecule has 2 aromatic carbocycles. The fraction of sp³-hybridized carbons (Fsp3) is 0.174. The Morgan fingerprint density at radius 1 is 1.26 bits per heavy atom. The minimum Gasteiger partial charge on any atom is -0.467 e. The Balaban J connectivity index is 1.36. The molecule has 4 aromatic rings. The van der Waals surface area contributed by atoms with Gasteiger partial charge in [-0.05, 0) is 54.4 Å². The van der Waals surface area contributed by atoms with Gasteiger partial charge in [0.05, 0.1) is 28.8 Å². The number of aromatic nitrogens is 2. The molecular weight excluding hydrogens is 432 g/mol. The van der Waals surface area contributed by atoms with Gasteiger partial charge in [0.2, 0.25) is 0 Å². The van der Waals surface area contributed by atoms with Crippen LogP contribution in [0.5, 0.6) is 0 Å². The lowest BCUT2D eigenvalue weighted by Gasteiger charge is -2.19. The molecule has 31 heavy (non-hydrogen) atoms. The number of benzene rings is 2. The average Bonchev–Trinajstić information content (AvgIpc) is 3.50. The number of aryl methyl sites for hydroxylation is 1. The fourth-order valence-electron chi connectivity index (χ4n) is 3.62. The van der Waals surface area contributed by atoms with Gasteiger partial charge in [0, 0.05) is 11.4 Å². The lowest BCUT2D eigenvalue weighted by Crippen LogP contribution is -2.28. The number of carbonyl (C=O) groups excluding carboxylic acids is 1. The number of rotatable bonds is 5. The highest BCUT2D eigenvalue weighted by atomic mass is 35.5. The Hall–Kier alpha value is -3.03. The molecule has 156 valence electrons. The number of amides is 1. The number of nitrogens with zero attached hydrogens (tertiary/aromatic N) is 3. The maximum absolute atomic E-state index is 13.1. The number of hydrazone groups is 1. The maximum Gasteiger partial charge on any atom is 0.253 e. The van der Waals surface area contributed by atoms with E-state index >= 15 is 0 Å². The number of halogens is 1. The maximum atomic E-state index is 13.1. The summed E-state index contributed by atoms with van der Waals surface area (Å²) in [7, 11) is 0. The van der Waals surface area contributed by atoms with E-state index in [9.17, 15) is 4.79 Å². The number of thioether (sulfide) groups is 1. The van der Waals surface area contributed by atoms with E-state index in [1.807, 2.05) is 61.5 Å². The normalized spacial score (nSPS) is 16.1. The number of aromatic amines is 1. The molecular formula is C23H19ClN4O2S. The Labute approximate surface area is 188 Å². The molecule has 5 rings (SSSR count). The number of hydrogen-bond donors (Lipinski definition) is 1. The molecule has 0 saturated carbocycles. The summed E-state index contributed by atoms with van der Waals surface area (Å²) < 4.78 is 5.60. The number of imidazole rings is 1. The number of furan rings is 1. The SMILES string of the molecule is Cc1ccc2nc(SCC(=O)N3N=C(c4ccc(Cl)cc4)CC3c3ccco3)[nH]c2c1. The predicted molar refractivity (Wildman–Crippen MR) is 122 cm³/mol. The van der Waals surface area contributed by atoms with Gasteiger partial charge >= 0.3 is 0 Å². The van der Waals surface area contributed by atoms with E-state index in [1.54, 1.807) is 6.26 Å². The van der Waals surface area contributed by atoms with Gasteiger partial charge in [0.15, 0.2) is 5.16 Å². The van der Waals surface area contributed by atoms with Crippen LogP contribution < -0.4 is 0 Å². The summed E-state index contributed by atoms with van der Waals surface area (Å²) in [4.78, 5) is 21.0. The van der Waals surface area contributed by atoms with Crippen molar-refractivity contribution in [3.8, 4) is 0 Å². The summed E-state index contributed by atoms with van der Waals surface area (Å²) in [5, 5.41) is 7.55. The highest BCUT2D eigenvalue weighted by Crippen LogP contribution is 2.34. The van der Waals surface area contributed by atoms with Gasteiger partial charge in [-0.3, -0.25) is 4.79 Å². The van der Waals surface area contributed by atoms with Gasteiger partial charge in [0.25, 0.3) is 5.91 Å². The lowest BCUT2D eigenvalue weighted by atomic mass is 10.0. The van der Waals surface area contributed by atoms with Crippen molar-refractivity contribution in [2.75, 3.05) is 5.75 Å². The van der Waals surface area contributed by atoms with Crippen LogP contribution in [0.15, 0.2) is 75.5 Å². The van der Waals surface area contributed by atoms with E-state index in [-0.39, 0.29) is 17.7 Å². The molecule has 1 aliphatic rings. The number of hydrogen-bond acceptors (Lipinski definition) is 5. The summed E-state index contributed by atoms with van der Waals surface area (Å²) in [6.07, 6.45) is 2.19. The second-order valence-electron chi connectivity index (χ2n) is 7.38. The zero-order valence-electron chi connectivity index (χ0n) is 16.7. The Kier molecular flexibility index (Phi) is 5.29. The lowest BCUT2D eigenvalue weighted by molar-refractivity contribution is -0.130. The Morgan fingerprint density at radius 2 is 2.10 bits per heavy atom. The zero-order chi connectivity index (χ0) is 21.4. The largest absolute Gasteiger partial charge is 0.467 e. The summed E-state index contributed by atoms with van der Waals surface area (Å²) in [5.74, 6) is 0.824. The molecule has 1 aliphatic heterocycles. The number of nitrogens with one attached hydrogen (secondary N) is 1. The number of fused-ring (bicyclic) bond motifs is 1. The number of carbonyl (C=O) groups is 1. The molecule has 8 heteroatoms. The van der Waals surface area contributed by atoms with Crippen LogP contribution in [0.2, 0.25) is 5.02 Å². The third-order valence-corrected chi connectivity index (χ3v) is 6.27. The molecule has 0 spiro atoms. The monoisotopic (exact) mass is 450 g/mol. The van der Waals surface area contributed by atoms with Crippen molar-refractivity contribution in [2.45, 2.75) is 24.5 Å². The van der Waals surface area contributed by atoms with E-state index in [0.717, 1.165) is 27.9 Å². The van der Waals surface area contributed by atoms with Crippen LogP contribution >= 0.6 is 23.4 Å². The molecule has 1 N–H and O–H groups in total. The second kappa shape index (κ2) is 8.24. The van der Waals surface area contributed by atoms with Crippen molar-refractivity contribution in [1.29, 1.82) is 0 Å². The van der Waals surface area contributed by atoms with E-state index in [0.29, 0.717) is 22.4 Å². The molecule has 0 fully saturated rings. The van der Waals surface area contributed by atoms with E-state index in [4.69, 9.17) is 16.0 Å². The predicted octanol–water partition coefficient (Wildman–Crippen LogP) is 5.59. The van der Waals surface area contributed by atoms with Gasteiger partial charge in [-0.15, -0.1) is 0 Å². The third-order valence-electron chi connectivity index (χ3n) is 5.16. The zero-order valence-corrected chi connectivity index (χ0v) is 18.3. The highest BCUT2D eigenvalue weighted by Gasteiger charge is 2.34. The van der Waals surface area contributed by atoms with E-state index in [2.05, 4.69) is 15.1 Å². The first-order valence-corrected chi connectivity index (χ1v) is 11.2. The molecule has 0 saturated heterocycles. The summed E-state index contributed by atoms with van der Waals surface area (Å²) in [6.45, 7) is 2.04. The molecule has 3 heterocycles. The molecule has 1 atom stereocenters. The molecule has 0 aliphatic carbocycles. The molecule has 6 nitrogen and oxygen atoms in total. The average molecular weight is 451 g/mol. The molecule has 0 radical (unpaired) electrons. The van der Waals surface area contributed by atoms with Crippen LogP contribution in [-0.2, 0) is 4.79 Å². The van der Waals surface area contributed by atoms with Crippen LogP contribution in [0, 0.1) is 6.92 Å². The Morgan fingerprint density at radius 3 is 2.87 bits per heavy atom. The summed E-state index contributed by atoms with van der Waals surface area (Å²) in [5.41, 5.74) is 4.78. The molecule has 1 unspecified atom stereocenters. The first-order chi connectivity index (χ1) is 15.1. The van der Waals surface area contributed by atoms with Gasteiger partial charge in [-0.2, -0.15) is 5.10 Å². The fourth-order valence-corrected chi connectivity index (χ4v) is 4.49. The van der Waals surface area contributed by atoms with Gasteiger partial charge in [-0.25, -0.2) is 9.99 Å². The standard InChI is InChI=1S/C23H19ClN4O2S/c1-14-4-9-17-19(11-14)26-23(25-17)31-13-22(29)28-20(21-3-2-10-30-21)12-18(27-28)15-5-7-16(24)8-6-15/h2-11,20H,12-13H2,1H3,(H,25,26). The topological polar surface area (TPSA) is 74.5 Å². The first kappa shape index (κ1) is 19.9. The quantitative estimate of drug-likeness (QED) is 0.402. The van der Waals surface area contributed by atoms with Gasteiger partial charge in [-0.1, -0.05) is 41.6 Å². The highest BCUT2D eigenvalue weighted by molar-refractivity contribution is 7.99. The van der Waals surface area contributed by atoms with Crippen LogP contribution in [0.1, 0.15) is 29.3 Å². The van der Waals surface area contributed by atoms with Gasteiger partial charge in [0.1, 0.15) is 11.8 Å². The van der Waals surface area contributed by atoms with Crippen molar-refractivity contribution in [2.24, 2.45) is 5.10 Å². The van der Waals surface area contributed by atoms with E-state index < -0.39 is 0 Å². The molecule has 1 amide bonds. The van der Waals surface area contributed by atoms with Crippen molar-refractivity contribution in [3.63, 3.8) is 0 Å². The van der Waals surface area contributed by atoms with Crippen LogP contribution in [0.3, 0.4) is 0 Å². The van der Waals surface area contributed by atoms with Crippen LogP contribution in [0.25, 0.3) is 11.0 Å². The minimum absolute atomic E-state index is 0.105. The smallest absolute Gasteiger partial charge is 0.253 e. The van der Waals surface area contributed by atoms with Crippen LogP contribution in [0.4, 0.5) is 0 Å². The number of H-pyrrole nitrogens is 1. The van der Waals surface area contributed by atoms with E-state index in [1.165, 1.54) is 16.8 Å². The summed E-state index contributed by atoms with van der Waals surface area (Å²) in [6, 6.07) is 17.0. The van der Waals surface area contributed by atoms with Crippen molar-refractivity contribution >= 4 is 46.0 Å². The first-order valence-electron chi connectivity index (χ1n) is 9.85. The van der Waals surface area contributed by atoms with Crippen LogP contribution in [-0.4, -0.2) is 32.3 Å². The van der Waals surface area contributed by atoms with Gasteiger partial charge < -0.3 is 9.40 Å². The van der Waals surface area contributed by atoms with Crippen molar-refractivity contribution < 1.29 is 9.21 Å². The minimum atomic E-state index is -0.271. The molecule has 0 bridgehead atoms. The van der Waals surface area contributed by atoms with Crippen molar-refractivity contribution in [3.05, 3.63) is 82.8 Å². The summed E-state index contributed by atoms with van der Waals surface area (Å²) >= 11 is 7.38. The molecule has 2 aromatic heterocycles. The third kappa shape index (κ3) is 4.11.